The minimum Gasteiger partial charge on any atom is -0.390 e. The number of hydrogen-bond acceptors (Lipinski definition) is 2. The molecule has 0 heterocycles. The summed E-state index contributed by atoms with van der Waals surface area (Å²) in [5, 5.41) is 11.0. The van der Waals surface area contributed by atoms with E-state index in [2.05, 4.69) is 27.7 Å². The lowest BCUT2D eigenvalue weighted by molar-refractivity contribution is -0.167. The largest absolute Gasteiger partial charge is 0.390 e. The van der Waals surface area contributed by atoms with Crippen LogP contribution in [-0.4, -0.2) is 23.4 Å². The summed E-state index contributed by atoms with van der Waals surface area (Å²) >= 11 is 0. The van der Waals surface area contributed by atoms with Gasteiger partial charge in [0, 0.05) is 6.61 Å². The average Bonchev–Trinajstić information content (AvgIpc) is 2.44. The first-order valence-corrected chi connectivity index (χ1v) is 8.80. The van der Waals surface area contributed by atoms with Crippen LogP contribution >= 0.6 is 0 Å². The normalized spacial score (nSPS) is 44.2. The maximum atomic E-state index is 11.0. The third-order valence-electron chi connectivity index (χ3n) is 6.18. The molecule has 0 radical (unpaired) electrons. The molecule has 4 unspecified atom stereocenters. The molecule has 2 rings (SSSR count). The van der Waals surface area contributed by atoms with E-state index in [1.54, 1.807) is 0 Å². The fraction of sp³-hybridized carbons (Fsp3) is 1.00. The van der Waals surface area contributed by atoms with Crippen molar-refractivity contribution in [2.75, 3.05) is 6.61 Å². The van der Waals surface area contributed by atoms with Crippen LogP contribution in [-0.2, 0) is 4.74 Å². The van der Waals surface area contributed by atoms with Gasteiger partial charge in [-0.2, -0.15) is 0 Å². The van der Waals surface area contributed by atoms with Gasteiger partial charge in [-0.05, 0) is 69.1 Å². The Hall–Kier alpha value is -0.0800. The molecule has 4 atom stereocenters. The Morgan fingerprint density at radius 3 is 2.25 bits per heavy atom. The number of hydrogen-bond donors (Lipinski definition) is 1. The molecule has 0 bridgehead atoms. The molecule has 2 heteroatoms. The Labute approximate surface area is 125 Å². The van der Waals surface area contributed by atoms with Crippen LogP contribution in [0.2, 0.25) is 0 Å². The lowest BCUT2D eigenvalue weighted by Gasteiger charge is -2.47. The summed E-state index contributed by atoms with van der Waals surface area (Å²) in [5.41, 5.74) is -0.244. The monoisotopic (exact) mass is 282 g/mol. The maximum absolute atomic E-state index is 11.0. The average molecular weight is 282 g/mol. The van der Waals surface area contributed by atoms with Gasteiger partial charge < -0.3 is 9.84 Å². The third-order valence-corrected chi connectivity index (χ3v) is 6.18. The minimum absolute atomic E-state index is 0.244. The molecule has 0 aromatic rings. The molecule has 2 nitrogen and oxygen atoms in total. The molecular formula is C18H34O2. The first-order valence-electron chi connectivity index (χ1n) is 8.80. The molecule has 0 saturated heterocycles. The quantitative estimate of drug-likeness (QED) is 0.828. The fourth-order valence-corrected chi connectivity index (χ4v) is 4.37. The van der Waals surface area contributed by atoms with Gasteiger partial charge in [0.25, 0.3) is 0 Å². The highest BCUT2D eigenvalue weighted by molar-refractivity contribution is 4.97. The number of ether oxygens (including phenoxy) is 1. The van der Waals surface area contributed by atoms with E-state index in [0.29, 0.717) is 5.92 Å². The molecule has 1 N–H and O–H groups in total. The van der Waals surface area contributed by atoms with Gasteiger partial charge >= 0.3 is 0 Å². The fourth-order valence-electron chi connectivity index (χ4n) is 4.37. The van der Waals surface area contributed by atoms with E-state index in [1.807, 2.05) is 0 Å². The number of aliphatic hydroxyl groups excluding tert-OH is 1. The summed E-state index contributed by atoms with van der Waals surface area (Å²) in [4.78, 5) is 0. The van der Waals surface area contributed by atoms with Gasteiger partial charge in [0.2, 0.25) is 0 Å². The second kappa shape index (κ2) is 6.79. The molecule has 2 aliphatic rings. The van der Waals surface area contributed by atoms with Crippen LogP contribution in [0.4, 0.5) is 0 Å². The predicted molar refractivity (Wildman–Crippen MR) is 83.7 cm³/mol. The maximum Gasteiger partial charge on any atom is 0.0942 e. The standard InChI is InChI=1S/C18H34O2/c1-5-20-18(10-8-13(2)9-11-18)17(19)16-7-6-14(3)15(4)12-16/h13-17,19H,5-12H2,1-4H3. The highest BCUT2D eigenvalue weighted by atomic mass is 16.5. The van der Waals surface area contributed by atoms with E-state index in [1.165, 1.54) is 32.1 Å². The summed E-state index contributed by atoms with van der Waals surface area (Å²) in [6.45, 7) is 9.82. The van der Waals surface area contributed by atoms with E-state index in [-0.39, 0.29) is 11.7 Å². The Morgan fingerprint density at radius 2 is 1.70 bits per heavy atom. The molecule has 118 valence electrons. The van der Waals surface area contributed by atoms with Gasteiger partial charge in [0.15, 0.2) is 0 Å². The van der Waals surface area contributed by atoms with Crippen LogP contribution in [0.5, 0.6) is 0 Å². The van der Waals surface area contributed by atoms with Crippen molar-refractivity contribution < 1.29 is 9.84 Å². The second-order valence-corrected chi connectivity index (χ2v) is 7.65. The lowest BCUT2D eigenvalue weighted by atomic mass is 9.67. The summed E-state index contributed by atoms with van der Waals surface area (Å²) in [7, 11) is 0. The molecule has 0 aromatic carbocycles. The first kappa shape index (κ1) is 16.3. The van der Waals surface area contributed by atoms with Crippen LogP contribution in [0.15, 0.2) is 0 Å². The predicted octanol–water partition coefficient (Wildman–Crippen LogP) is 4.41. The third kappa shape index (κ3) is 3.39. The first-order chi connectivity index (χ1) is 9.48. The zero-order valence-electron chi connectivity index (χ0n) is 13.9. The van der Waals surface area contributed by atoms with Crippen molar-refractivity contribution in [3.63, 3.8) is 0 Å². The van der Waals surface area contributed by atoms with Crippen molar-refractivity contribution in [2.45, 2.75) is 84.3 Å². The Morgan fingerprint density at radius 1 is 1.05 bits per heavy atom. The van der Waals surface area contributed by atoms with Crippen LogP contribution < -0.4 is 0 Å². The van der Waals surface area contributed by atoms with Crippen molar-refractivity contribution in [3.8, 4) is 0 Å². The molecule has 0 aromatic heterocycles. The highest BCUT2D eigenvalue weighted by Crippen LogP contribution is 2.44. The SMILES string of the molecule is CCOC1(C(O)C2CCC(C)C(C)C2)CCC(C)CC1. The van der Waals surface area contributed by atoms with Gasteiger partial charge in [-0.15, -0.1) is 0 Å². The minimum atomic E-state index is -0.259. The number of aliphatic hydroxyl groups is 1. The van der Waals surface area contributed by atoms with E-state index in [4.69, 9.17) is 4.74 Å². The molecular weight excluding hydrogens is 248 g/mol. The van der Waals surface area contributed by atoms with E-state index in [0.717, 1.165) is 37.2 Å². The van der Waals surface area contributed by atoms with Crippen molar-refractivity contribution in [3.05, 3.63) is 0 Å². The van der Waals surface area contributed by atoms with E-state index >= 15 is 0 Å². The summed E-state index contributed by atoms with van der Waals surface area (Å²) in [6.07, 6.45) is 7.86. The number of rotatable bonds is 4. The molecule has 0 spiro atoms. The van der Waals surface area contributed by atoms with Gasteiger partial charge in [-0.25, -0.2) is 0 Å². The molecule has 2 aliphatic carbocycles. The van der Waals surface area contributed by atoms with E-state index in [9.17, 15) is 5.11 Å². The smallest absolute Gasteiger partial charge is 0.0942 e. The summed E-state index contributed by atoms with van der Waals surface area (Å²) < 4.78 is 6.15. The molecule has 20 heavy (non-hydrogen) atoms. The van der Waals surface area contributed by atoms with Crippen LogP contribution in [0.25, 0.3) is 0 Å². The van der Waals surface area contributed by atoms with Gasteiger partial charge in [-0.1, -0.05) is 27.2 Å². The zero-order valence-corrected chi connectivity index (χ0v) is 13.9. The molecule has 0 aliphatic heterocycles. The highest BCUT2D eigenvalue weighted by Gasteiger charge is 2.45. The molecule has 0 amide bonds. The lowest BCUT2D eigenvalue weighted by Crippen LogP contribution is -2.52. The summed E-state index contributed by atoms with van der Waals surface area (Å²) in [6, 6.07) is 0. The Bertz CT molecular complexity index is 294. The zero-order chi connectivity index (χ0) is 14.8. The van der Waals surface area contributed by atoms with Crippen molar-refractivity contribution in [2.24, 2.45) is 23.7 Å². The van der Waals surface area contributed by atoms with Gasteiger partial charge in [-0.3, -0.25) is 0 Å². The van der Waals surface area contributed by atoms with E-state index < -0.39 is 0 Å². The Kier molecular flexibility index (Phi) is 5.53. The van der Waals surface area contributed by atoms with Gasteiger partial charge in [0.1, 0.15) is 0 Å². The van der Waals surface area contributed by atoms with Crippen LogP contribution in [0, 0.1) is 23.7 Å². The van der Waals surface area contributed by atoms with Gasteiger partial charge in [0.05, 0.1) is 11.7 Å². The second-order valence-electron chi connectivity index (χ2n) is 7.65. The Balaban J connectivity index is 2.05. The molecule has 2 saturated carbocycles. The molecule has 2 fully saturated rings. The summed E-state index contributed by atoms with van der Waals surface area (Å²) in [5.74, 6) is 2.79. The van der Waals surface area contributed by atoms with Crippen LogP contribution in [0.3, 0.4) is 0 Å². The topological polar surface area (TPSA) is 29.5 Å². The van der Waals surface area contributed by atoms with Crippen LogP contribution in [0.1, 0.15) is 72.6 Å². The van der Waals surface area contributed by atoms with Crippen molar-refractivity contribution in [1.29, 1.82) is 0 Å². The van der Waals surface area contributed by atoms with Crippen molar-refractivity contribution >= 4 is 0 Å². The van der Waals surface area contributed by atoms with Crippen molar-refractivity contribution in [1.82, 2.24) is 0 Å².